The van der Waals surface area contributed by atoms with Crippen molar-refractivity contribution in [3.8, 4) is 0 Å². The molecule has 19 heavy (non-hydrogen) atoms. The summed E-state index contributed by atoms with van der Waals surface area (Å²) in [5, 5.41) is 4.65. The molecule has 1 unspecified atom stereocenters. The van der Waals surface area contributed by atoms with Crippen molar-refractivity contribution in [1.82, 2.24) is 9.78 Å². The molecule has 0 bridgehead atoms. The summed E-state index contributed by atoms with van der Waals surface area (Å²) in [6.07, 6.45) is 8.93. The zero-order valence-corrected chi connectivity index (χ0v) is 13.2. The van der Waals surface area contributed by atoms with Gasteiger partial charge in [0.05, 0.1) is 5.69 Å². The van der Waals surface area contributed by atoms with Crippen LogP contribution in [0.15, 0.2) is 0 Å². The maximum absolute atomic E-state index is 6.17. The van der Waals surface area contributed by atoms with Crippen molar-refractivity contribution in [1.29, 1.82) is 0 Å². The van der Waals surface area contributed by atoms with E-state index in [4.69, 9.17) is 5.73 Å². The summed E-state index contributed by atoms with van der Waals surface area (Å²) in [5.41, 5.74) is 9.80. The standard InChI is InChI=1S/C16H31N3/c1-5-7-8-9-10-11-12-19-14(4)16(13(3)18-19)15(17)6-2/h15H,5-12,17H2,1-4H3. The molecule has 3 nitrogen and oxygen atoms in total. The molecule has 0 spiro atoms. The minimum atomic E-state index is 0.137. The van der Waals surface area contributed by atoms with Crippen LogP contribution in [0, 0.1) is 13.8 Å². The summed E-state index contributed by atoms with van der Waals surface area (Å²) < 4.78 is 2.15. The fourth-order valence-electron chi connectivity index (χ4n) is 2.71. The van der Waals surface area contributed by atoms with E-state index in [-0.39, 0.29) is 6.04 Å². The summed E-state index contributed by atoms with van der Waals surface area (Å²) in [4.78, 5) is 0. The first kappa shape index (κ1) is 16.2. The number of hydrogen-bond donors (Lipinski definition) is 1. The lowest BCUT2D eigenvalue weighted by molar-refractivity contribution is 0.517. The van der Waals surface area contributed by atoms with E-state index < -0.39 is 0 Å². The van der Waals surface area contributed by atoms with E-state index in [1.165, 1.54) is 49.8 Å². The topological polar surface area (TPSA) is 43.8 Å². The van der Waals surface area contributed by atoms with E-state index in [9.17, 15) is 0 Å². The van der Waals surface area contributed by atoms with Crippen molar-refractivity contribution in [3.63, 3.8) is 0 Å². The zero-order valence-electron chi connectivity index (χ0n) is 13.2. The summed E-state index contributed by atoms with van der Waals surface area (Å²) in [5.74, 6) is 0. The van der Waals surface area contributed by atoms with E-state index in [0.717, 1.165) is 18.7 Å². The zero-order chi connectivity index (χ0) is 14.3. The molecule has 1 aromatic heterocycles. The second-order valence-electron chi connectivity index (χ2n) is 5.59. The molecule has 0 radical (unpaired) electrons. The minimum absolute atomic E-state index is 0.137. The maximum Gasteiger partial charge on any atom is 0.0644 e. The Bertz CT molecular complexity index is 368. The molecule has 0 fully saturated rings. The van der Waals surface area contributed by atoms with Crippen molar-refractivity contribution >= 4 is 0 Å². The average molecular weight is 265 g/mol. The predicted molar refractivity (Wildman–Crippen MR) is 82.3 cm³/mol. The SMILES string of the molecule is CCCCCCCCn1nc(C)c(C(N)CC)c1C. The second-order valence-corrected chi connectivity index (χ2v) is 5.59. The van der Waals surface area contributed by atoms with Crippen LogP contribution in [0.2, 0.25) is 0 Å². The number of unbranched alkanes of at least 4 members (excludes halogenated alkanes) is 5. The van der Waals surface area contributed by atoms with Crippen molar-refractivity contribution in [2.75, 3.05) is 0 Å². The van der Waals surface area contributed by atoms with Gasteiger partial charge in [-0.05, 0) is 26.7 Å². The Labute approximate surface area is 118 Å². The van der Waals surface area contributed by atoms with Gasteiger partial charge in [-0.2, -0.15) is 5.10 Å². The van der Waals surface area contributed by atoms with E-state index in [2.05, 4.69) is 37.5 Å². The highest BCUT2D eigenvalue weighted by molar-refractivity contribution is 5.27. The van der Waals surface area contributed by atoms with Crippen molar-refractivity contribution in [2.45, 2.75) is 85.2 Å². The van der Waals surface area contributed by atoms with Crippen LogP contribution in [-0.2, 0) is 6.54 Å². The Kier molecular flexibility index (Phi) is 7.14. The predicted octanol–water partition coefficient (Wildman–Crippen LogP) is 4.27. The van der Waals surface area contributed by atoms with Gasteiger partial charge < -0.3 is 5.73 Å². The molecule has 1 atom stereocenters. The molecule has 3 heteroatoms. The highest BCUT2D eigenvalue weighted by Crippen LogP contribution is 2.22. The van der Waals surface area contributed by atoms with Crippen molar-refractivity contribution in [2.24, 2.45) is 5.73 Å². The van der Waals surface area contributed by atoms with Crippen molar-refractivity contribution in [3.05, 3.63) is 17.0 Å². The van der Waals surface area contributed by atoms with Crippen LogP contribution in [0.5, 0.6) is 0 Å². The van der Waals surface area contributed by atoms with Gasteiger partial charge in [-0.1, -0.05) is 46.0 Å². The molecule has 0 aliphatic rings. The Balaban J connectivity index is 2.46. The molecule has 2 N–H and O–H groups in total. The van der Waals surface area contributed by atoms with Gasteiger partial charge in [-0.15, -0.1) is 0 Å². The molecule has 0 saturated carbocycles. The van der Waals surface area contributed by atoms with Gasteiger partial charge in [0.2, 0.25) is 0 Å². The van der Waals surface area contributed by atoms with Gasteiger partial charge in [0.1, 0.15) is 0 Å². The number of aryl methyl sites for hydroxylation is 2. The smallest absolute Gasteiger partial charge is 0.0644 e. The Morgan fingerprint density at radius 1 is 1.05 bits per heavy atom. The summed E-state index contributed by atoms with van der Waals surface area (Å²) >= 11 is 0. The second kappa shape index (κ2) is 8.36. The highest BCUT2D eigenvalue weighted by atomic mass is 15.3. The molecule has 0 aromatic carbocycles. The van der Waals surface area contributed by atoms with Gasteiger partial charge in [-0.3, -0.25) is 4.68 Å². The number of hydrogen-bond acceptors (Lipinski definition) is 2. The first-order valence-corrected chi connectivity index (χ1v) is 7.91. The molecular weight excluding hydrogens is 234 g/mol. The lowest BCUT2D eigenvalue weighted by Gasteiger charge is -2.10. The molecule has 0 saturated heterocycles. The molecule has 0 aliphatic heterocycles. The van der Waals surface area contributed by atoms with Crippen LogP contribution in [0.25, 0.3) is 0 Å². The van der Waals surface area contributed by atoms with Crippen LogP contribution < -0.4 is 5.73 Å². The van der Waals surface area contributed by atoms with Crippen LogP contribution >= 0.6 is 0 Å². The molecule has 1 aromatic rings. The van der Waals surface area contributed by atoms with E-state index in [1.807, 2.05) is 0 Å². The fraction of sp³-hybridized carbons (Fsp3) is 0.812. The van der Waals surface area contributed by atoms with Gasteiger partial charge in [0.25, 0.3) is 0 Å². The van der Waals surface area contributed by atoms with Gasteiger partial charge in [0.15, 0.2) is 0 Å². The number of nitrogens with two attached hydrogens (primary N) is 1. The lowest BCUT2D eigenvalue weighted by Crippen LogP contribution is -2.11. The molecular formula is C16H31N3. The molecule has 0 amide bonds. The molecule has 0 aliphatic carbocycles. The molecule has 1 heterocycles. The summed E-state index contributed by atoms with van der Waals surface area (Å²) in [6, 6.07) is 0.137. The third kappa shape index (κ3) is 4.64. The maximum atomic E-state index is 6.17. The highest BCUT2D eigenvalue weighted by Gasteiger charge is 2.16. The molecule has 1 rings (SSSR count). The van der Waals surface area contributed by atoms with Gasteiger partial charge in [0, 0.05) is 23.8 Å². The first-order chi connectivity index (χ1) is 9.11. The fourth-order valence-corrected chi connectivity index (χ4v) is 2.71. The Hall–Kier alpha value is -0.830. The normalized spacial score (nSPS) is 12.9. The van der Waals surface area contributed by atoms with Crippen LogP contribution in [0.1, 0.15) is 81.8 Å². The number of rotatable bonds is 9. The van der Waals surface area contributed by atoms with Gasteiger partial charge in [-0.25, -0.2) is 0 Å². The quantitative estimate of drug-likeness (QED) is 0.678. The van der Waals surface area contributed by atoms with E-state index in [0.29, 0.717) is 0 Å². The number of aromatic nitrogens is 2. The van der Waals surface area contributed by atoms with Crippen LogP contribution in [-0.4, -0.2) is 9.78 Å². The Morgan fingerprint density at radius 2 is 1.68 bits per heavy atom. The summed E-state index contributed by atoms with van der Waals surface area (Å²) in [6.45, 7) is 9.66. The van der Waals surface area contributed by atoms with Crippen molar-refractivity contribution < 1.29 is 0 Å². The first-order valence-electron chi connectivity index (χ1n) is 7.91. The third-order valence-electron chi connectivity index (χ3n) is 3.97. The monoisotopic (exact) mass is 265 g/mol. The third-order valence-corrected chi connectivity index (χ3v) is 3.97. The van der Waals surface area contributed by atoms with Crippen LogP contribution in [0.3, 0.4) is 0 Å². The van der Waals surface area contributed by atoms with Gasteiger partial charge >= 0.3 is 0 Å². The Morgan fingerprint density at radius 3 is 2.32 bits per heavy atom. The van der Waals surface area contributed by atoms with Crippen LogP contribution in [0.4, 0.5) is 0 Å². The van der Waals surface area contributed by atoms with E-state index >= 15 is 0 Å². The van der Waals surface area contributed by atoms with E-state index in [1.54, 1.807) is 0 Å². The number of nitrogens with zero attached hydrogens (tertiary/aromatic N) is 2. The molecule has 110 valence electrons. The minimum Gasteiger partial charge on any atom is -0.324 e. The largest absolute Gasteiger partial charge is 0.324 e. The lowest BCUT2D eigenvalue weighted by atomic mass is 10.0. The summed E-state index contributed by atoms with van der Waals surface area (Å²) in [7, 11) is 0. The average Bonchev–Trinajstić information content (AvgIpc) is 2.68.